The largest absolute Gasteiger partial charge is 0.383 e. The summed E-state index contributed by atoms with van der Waals surface area (Å²) in [6.45, 7) is 5.46. The van der Waals surface area contributed by atoms with Gasteiger partial charge in [-0.25, -0.2) is 13.4 Å². The highest BCUT2D eigenvalue weighted by atomic mass is 35.5. The Kier molecular flexibility index (Phi) is 8.69. The number of imidazole rings is 1. The van der Waals surface area contributed by atoms with Gasteiger partial charge in [-0.1, -0.05) is 43.6 Å². The van der Waals surface area contributed by atoms with Crippen LogP contribution >= 0.6 is 22.9 Å². The number of benzene rings is 1. The van der Waals surface area contributed by atoms with E-state index in [0.717, 1.165) is 0 Å². The lowest BCUT2D eigenvalue weighted by atomic mass is 10.2. The van der Waals surface area contributed by atoms with Crippen molar-refractivity contribution in [2.24, 2.45) is 5.92 Å². The van der Waals surface area contributed by atoms with Gasteiger partial charge in [0.25, 0.3) is 5.91 Å². The molecule has 3 aromatic rings. The predicted octanol–water partition coefficient (Wildman–Crippen LogP) is 4.52. The molecule has 7 nitrogen and oxygen atoms in total. The number of hydrogen-bond acceptors (Lipinski definition) is 6. The number of aromatic nitrogens is 2. The van der Waals surface area contributed by atoms with Crippen LogP contribution in [0.4, 0.5) is 0 Å². The minimum absolute atomic E-state index is 0.00133. The van der Waals surface area contributed by atoms with Crippen molar-refractivity contribution in [2.45, 2.75) is 37.8 Å². The van der Waals surface area contributed by atoms with E-state index in [-0.39, 0.29) is 29.3 Å². The Morgan fingerprint density at radius 2 is 2.06 bits per heavy atom. The average Bonchev–Trinajstić information content (AvgIpc) is 3.41. The topological polar surface area (TPSA) is 81.5 Å². The molecule has 178 valence electrons. The fourth-order valence-electron chi connectivity index (χ4n) is 3.44. The van der Waals surface area contributed by atoms with Gasteiger partial charge in [0.15, 0.2) is 0 Å². The molecular weight excluding hydrogens is 482 g/mol. The zero-order valence-corrected chi connectivity index (χ0v) is 21.3. The van der Waals surface area contributed by atoms with Crippen molar-refractivity contribution >= 4 is 38.7 Å². The van der Waals surface area contributed by atoms with E-state index in [1.54, 1.807) is 53.1 Å². The summed E-state index contributed by atoms with van der Waals surface area (Å²) in [6.07, 6.45) is 1.55. The monoisotopic (exact) mass is 509 g/mol. The summed E-state index contributed by atoms with van der Waals surface area (Å²) >= 11 is 7.40. The standard InChI is InChI=1S/C23H28ClN3O4S2/c1-17(2)14-27-20(15-26(9-10-31-3)22(28)21-8-5-11-32-21)13-25-23(27)33(29,30)16-18-6-4-7-19(24)12-18/h4-8,11-13,17H,9-10,14-16H2,1-3H3. The summed E-state index contributed by atoms with van der Waals surface area (Å²) in [5, 5.41) is 2.34. The smallest absolute Gasteiger partial charge is 0.264 e. The maximum absolute atomic E-state index is 13.3. The van der Waals surface area contributed by atoms with E-state index in [4.69, 9.17) is 16.3 Å². The summed E-state index contributed by atoms with van der Waals surface area (Å²) in [6, 6.07) is 10.4. The number of methoxy groups -OCH3 is 1. The quantitative estimate of drug-likeness (QED) is 0.379. The Balaban J connectivity index is 1.94. The Morgan fingerprint density at radius 3 is 2.70 bits per heavy atom. The molecular formula is C23H28ClN3O4S2. The van der Waals surface area contributed by atoms with Crippen molar-refractivity contribution in [2.75, 3.05) is 20.3 Å². The lowest BCUT2D eigenvalue weighted by molar-refractivity contribution is 0.0680. The third-order valence-electron chi connectivity index (χ3n) is 4.91. The highest BCUT2D eigenvalue weighted by Gasteiger charge is 2.26. The first kappa shape index (κ1) is 25.4. The molecule has 33 heavy (non-hydrogen) atoms. The molecule has 0 aliphatic carbocycles. The van der Waals surface area contributed by atoms with Crippen molar-refractivity contribution in [3.63, 3.8) is 0 Å². The Labute approximate surface area is 203 Å². The van der Waals surface area contributed by atoms with Crippen LogP contribution < -0.4 is 0 Å². The number of carbonyl (C=O) groups is 1. The molecule has 0 saturated heterocycles. The zero-order chi connectivity index (χ0) is 24.0. The maximum Gasteiger partial charge on any atom is 0.264 e. The minimum Gasteiger partial charge on any atom is -0.383 e. The zero-order valence-electron chi connectivity index (χ0n) is 18.9. The fourth-order valence-corrected chi connectivity index (χ4v) is 5.84. The van der Waals surface area contributed by atoms with Crippen LogP contribution in [0.5, 0.6) is 0 Å². The molecule has 2 aromatic heterocycles. The Hall–Kier alpha value is -2.20. The molecule has 0 atom stereocenters. The predicted molar refractivity (Wildman–Crippen MR) is 130 cm³/mol. The molecule has 0 fully saturated rings. The van der Waals surface area contributed by atoms with Crippen molar-refractivity contribution in [1.82, 2.24) is 14.5 Å². The highest BCUT2D eigenvalue weighted by molar-refractivity contribution is 7.90. The molecule has 0 aliphatic heterocycles. The van der Waals surface area contributed by atoms with Gasteiger partial charge in [0.05, 0.1) is 35.7 Å². The van der Waals surface area contributed by atoms with Crippen LogP contribution in [0.25, 0.3) is 0 Å². The lowest BCUT2D eigenvalue weighted by Crippen LogP contribution is -2.34. The van der Waals surface area contributed by atoms with Gasteiger partial charge in [0.1, 0.15) is 0 Å². The summed E-state index contributed by atoms with van der Waals surface area (Å²) in [5.41, 5.74) is 1.26. The maximum atomic E-state index is 13.3. The van der Waals surface area contributed by atoms with Crippen molar-refractivity contribution in [1.29, 1.82) is 0 Å². The number of rotatable bonds is 11. The Morgan fingerprint density at radius 1 is 1.27 bits per heavy atom. The molecule has 0 spiro atoms. The van der Waals surface area contributed by atoms with Crippen molar-refractivity contribution < 1.29 is 17.9 Å². The second-order valence-electron chi connectivity index (χ2n) is 8.12. The molecule has 0 radical (unpaired) electrons. The number of thiophene rings is 1. The summed E-state index contributed by atoms with van der Waals surface area (Å²) in [7, 11) is -2.15. The van der Waals surface area contributed by atoms with Crippen LogP contribution in [0.15, 0.2) is 53.1 Å². The number of nitrogens with zero attached hydrogens (tertiary/aromatic N) is 3. The molecule has 1 aromatic carbocycles. The van der Waals surface area contributed by atoms with Gasteiger partial charge in [0.2, 0.25) is 15.0 Å². The fraction of sp³-hybridized carbons (Fsp3) is 0.391. The van der Waals surface area contributed by atoms with E-state index in [0.29, 0.717) is 40.9 Å². The molecule has 3 rings (SSSR count). The first-order valence-electron chi connectivity index (χ1n) is 10.5. The van der Waals surface area contributed by atoms with Crippen LogP contribution in [0, 0.1) is 5.92 Å². The van der Waals surface area contributed by atoms with Gasteiger partial charge < -0.3 is 14.2 Å². The van der Waals surface area contributed by atoms with Gasteiger partial charge in [-0.3, -0.25) is 4.79 Å². The van der Waals surface area contributed by atoms with Crippen LogP contribution in [0.3, 0.4) is 0 Å². The van der Waals surface area contributed by atoms with E-state index in [2.05, 4.69) is 4.98 Å². The highest BCUT2D eigenvalue weighted by Crippen LogP contribution is 2.22. The summed E-state index contributed by atoms with van der Waals surface area (Å²) < 4.78 is 33.5. The third kappa shape index (κ3) is 6.66. The van der Waals surface area contributed by atoms with E-state index in [9.17, 15) is 13.2 Å². The summed E-state index contributed by atoms with van der Waals surface area (Å²) in [4.78, 5) is 19.6. The van der Waals surface area contributed by atoms with Gasteiger partial charge in [-0.2, -0.15) is 0 Å². The van der Waals surface area contributed by atoms with Gasteiger partial charge in [-0.05, 0) is 35.1 Å². The molecule has 0 saturated carbocycles. The van der Waals surface area contributed by atoms with Crippen LogP contribution in [-0.4, -0.2) is 49.0 Å². The number of amides is 1. The van der Waals surface area contributed by atoms with E-state index >= 15 is 0 Å². The number of ether oxygens (including phenoxy) is 1. The van der Waals surface area contributed by atoms with Gasteiger partial charge in [-0.15, -0.1) is 11.3 Å². The molecule has 0 N–H and O–H groups in total. The molecule has 1 amide bonds. The van der Waals surface area contributed by atoms with E-state index in [1.165, 1.54) is 11.3 Å². The third-order valence-corrected chi connectivity index (χ3v) is 7.60. The first-order chi connectivity index (χ1) is 15.7. The molecule has 0 aliphatic rings. The van der Waals surface area contributed by atoms with E-state index in [1.807, 2.05) is 25.3 Å². The molecule has 2 heterocycles. The van der Waals surface area contributed by atoms with Crippen LogP contribution in [-0.2, 0) is 33.4 Å². The molecule has 0 bridgehead atoms. The average molecular weight is 510 g/mol. The molecule has 0 unspecified atom stereocenters. The Bertz CT molecular complexity index is 1170. The normalized spacial score (nSPS) is 11.8. The summed E-state index contributed by atoms with van der Waals surface area (Å²) in [5.74, 6) is -0.148. The SMILES string of the molecule is COCCN(Cc1cnc(S(=O)(=O)Cc2cccc(Cl)c2)n1CC(C)C)C(=O)c1cccs1. The minimum atomic E-state index is -3.73. The van der Waals surface area contributed by atoms with Gasteiger partial charge in [0, 0.05) is 25.2 Å². The molecule has 10 heteroatoms. The van der Waals surface area contributed by atoms with Gasteiger partial charge >= 0.3 is 0 Å². The van der Waals surface area contributed by atoms with Crippen LogP contribution in [0.1, 0.15) is 34.8 Å². The first-order valence-corrected chi connectivity index (χ1v) is 13.5. The van der Waals surface area contributed by atoms with Crippen molar-refractivity contribution in [3.8, 4) is 0 Å². The number of sulfone groups is 1. The second kappa shape index (κ2) is 11.3. The van der Waals surface area contributed by atoms with E-state index < -0.39 is 9.84 Å². The number of hydrogen-bond donors (Lipinski definition) is 0. The second-order valence-corrected chi connectivity index (χ2v) is 11.4. The number of halogens is 1. The van der Waals surface area contributed by atoms with Crippen molar-refractivity contribution in [3.05, 3.63) is 69.1 Å². The number of carbonyl (C=O) groups excluding carboxylic acids is 1. The lowest BCUT2D eigenvalue weighted by Gasteiger charge is -2.23. The van der Waals surface area contributed by atoms with Crippen LogP contribution in [0.2, 0.25) is 5.02 Å².